The molecule has 4 rings (SSSR count). The van der Waals surface area contributed by atoms with Crippen LogP contribution in [0.25, 0.3) is 11.0 Å². The van der Waals surface area contributed by atoms with Crippen molar-refractivity contribution in [1.82, 2.24) is 30.5 Å². The Morgan fingerprint density at radius 1 is 1.15 bits per heavy atom. The Bertz CT molecular complexity index is 792. The highest BCUT2D eigenvalue weighted by atomic mass is 19.3. The number of hydrogen-bond acceptors (Lipinski definition) is 7. The summed E-state index contributed by atoms with van der Waals surface area (Å²) in [5.74, 6) is 0.461. The van der Waals surface area contributed by atoms with Crippen LogP contribution in [0.15, 0.2) is 24.7 Å². The van der Waals surface area contributed by atoms with Crippen LogP contribution >= 0.6 is 0 Å². The molecule has 2 aliphatic heterocycles. The molecule has 2 aromatic heterocycles. The Hall–Kier alpha value is -2.46. The van der Waals surface area contributed by atoms with Gasteiger partial charge in [-0.15, -0.1) is 0 Å². The third-order valence-corrected chi connectivity index (χ3v) is 4.75. The van der Waals surface area contributed by atoms with Gasteiger partial charge in [0, 0.05) is 38.8 Å². The summed E-state index contributed by atoms with van der Waals surface area (Å²) < 4.78 is 26.0. The summed E-state index contributed by atoms with van der Waals surface area (Å²) in [6, 6.07) is 2.67. The number of alkyl halides is 2. The third-order valence-electron chi connectivity index (χ3n) is 4.75. The minimum atomic E-state index is -2.57. The summed E-state index contributed by atoms with van der Waals surface area (Å²) in [6.45, 7) is 2.54. The van der Waals surface area contributed by atoms with Crippen LogP contribution in [0.4, 0.5) is 14.6 Å². The van der Waals surface area contributed by atoms with Crippen molar-refractivity contribution in [2.75, 3.05) is 31.1 Å². The largest absolute Gasteiger partial charge is 0.353 e. The number of nitrogens with zero attached hydrogens (tertiary/aromatic N) is 5. The van der Waals surface area contributed by atoms with Crippen molar-refractivity contribution >= 4 is 22.8 Å². The number of fused-ring (bicyclic) bond motifs is 1. The number of nitrogens with one attached hydrogen (secondary N) is 2. The van der Waals surface area contributed by atoms with Crippen LogP contribution in [0.3, 0.4) is 0 Å². The van der Waals surface area contributed by atoms with E-state index in [0.29, 0.717) is 31.8 Å². The Balaban J connectivity index is 1.45. The second-order valence-corrected chi connectivity index (χ2v) is 6.38. The van der Waals surface area contributed by atoms with Gasteiger partial charge in [0.2, 0.25) is 5.91 Å². The maximum Gasteiger partial charge on any atom is 0.254 e. The molecule has 0 spiro atoms. The molecule has 0 aromatic carbocycles. The fraction of sp³-hybridized carbons (Fsp3) is 0.500. The minimum absolute atomic E-state index is 0.200. The van der Waals surface area contributed by atoms with Crippen LogP contribution in [-0.2, 0) is 4.79 Å². The number of halogens is 2. The average Bonchev–Trinajstić information content (AvgIpc) is 2.67. The van der Waals surface area contributed by atoms with Crippen molar-refractivity contribution in [3.05, 3.63) is 24.7 Å². The van der Waals surface area contributed by atoms with Gasteiger partial charge in [0.05, 0.1) is 11.4 Å². The number of hydrogen-bond donors (Lipinski definition) is 2. The Morgan fingerprint density at radius 3 is 2.73 bits per heavy atom. The van der Waals surface area contributed by atoms with E-state index in [9.17, 15) is 13.6 Å². The standard InChI is InChI=1S/C16H19F2N7O/c17-13(18)11-8-12(26)23-16(22-11)25-6-4-24(5-7-25)15-10-2-1-3-19-14(10)20-9-21-15/h1-3,9,11,13,16,22H,4-8H2,(H,23,26). The van der Waals surface area contributed by atoms with Gasteiger partial charge in [-0.2, -0.15) is 0 Å². The maximum atomic E-state index is 13.0. The fourth-order valence-electron chi connectivity index (χ4n) is 3.40. The number of piperazine rings is 1. The highest BCUT2D eigenvalue weighted by molar-refractivity contribution is 5.86. The maximum absolute atomic E-state index is 13.0. The van der Waals surface area contributed by atoms with Crippen LogP contribution in [0, 0.1) is 0 Å². The van der Waals surface area contributed by atoms with Gasteiger partial charge in [0.15, 0.2) is 5.65 Å². The lowest BCUT2D eigenvalue weighted by Gasteiger charge is -2.43. The summed E-state index contributed by atoms with van der Waals surface area (Å²) in [7, 11) is 0. The highest BCUT2D eigenvalue weighted by Gasteiger charge is 2.35. The quantitative estimate of drug-likeness (QED) is 0.804. The van der Waals surface area contributed by atoms with E-state index >= 15 is 0 Å². The third kappa shape index (κ3) is 3.29. The van der Waals surface area contributed by atoms with E-state index in [4.69, 9.17) is 0 Å². The summed E-state index contributed by atoms with van der Waals surface area (Å²) in [5.41, 5.74) is 0.640. The lowest BCUT2D eigenvalue weighted by Crippen LogP contribution is -2.67. The molecular weight excluding hydrogens is 344 g/mol. The van der Waals surface area contributed by atoms with E-state index in [2.05, 4.69) is 30.5 Å². The number of carbonyl (C=O) groups excluding carboxylic acids is 1. The van der Waals surface area contributed by atoms with Gasteiger partial charge < -0.3 is 10.2 Å². The minimum Gasteiger partial charge on any atom is -0.353 e. The predicted octanol–water partition coefficient (Wildman–Crippen LogP) is 0.174. The fourth-order valence-corrected chi connectivity index (χ4v) is 3.40. The molecule has 26 heavy (non-hydrogen) atoms. The average molecular weight is 363 g/mol. The second kappa shape index (κ2) is 7.04. The summed E-state index contributed by atoms with van der Waals surface area (Å²) in [4.78, 5) is 28.6. The molecule has 8 nitrogen and oxygen atoms in total. The lowest BCUT2D eigenvalue weighted by atomic mass is 10.1. The molecule has 4 heterocycles. The number of amides is 1. The van der Waals surface area contributed by atoms with E-state index < -0.39 is 18.8 Å². The van der Waals surface area contributed by atoms with E-state index in [0.717, 1.165) is 11.2 Å². The molecule has 138 valence electrons. The molecule has 2 unspecified atom stereocenters. The van der Waals surface area contributed by atoms with Crippen LogP contribution < -0.4 is 15.5 Å². The molecule has 2 N–H and O–H groups in total. The van der Waals surface area contributed by atoms with E-state index in [1.807, 2.05) is 17.0 Å². The van der Waals surface area contributed by atoms with Gasteiger partial charge in [-0.3, -0.25) is 15.0 Å². The SMILES string of the molecule is O=C1CC(C(F)F)NC(N2CCN(c3ncnc4ncccc34)CC2)N1. The van der Waals surface area contributed by atoms with Gasteiger partial charge in [0.25, 0.3) is 6.43 Å². The first-order valence-electron chi connectivity index (χ1n) is 8.50. The van der Waals surface area contributed by atoms with Gasteiger partial charge in [-0.1, -0.05) is 0 Å². The number of rotatable bonds is 3. The molecule has 0 saturated carbocycles. The predicted molar refractivity (Wildman–Crippen MR) is 90.6 cm³/mol. The molecule has 0 bridgehead atoms. The molecule has 0 aliphatic carbocycles. The first kappa shape index (κ1) is 17.0. The van der Waals surface area contributed by atoms with Crippen molar-refractivity contribution < 1.29 is 13.6 Å². The van der Waals surface area contributed by atoms with E-state index in [-0.39, 0.29) is 12.3 Å². The lowest BCUT2D eigenvalue weighted by molar-refractivity contribution is -0.129. The molecule has 2 aliphatic rings. The molecule has 1 amide bonds. The van der Waals surface area contributed by atoms with E-state index in [1.54, 1.807) is 6.20 Å². The van der Waals surface area contributed by atoms with E-state index in [1.165, 1.54) is 6.33 Å². The van der Waals surface area contributed by atoms with Gasteiger partial charge in [-0.05, 0) is 12.1 Å². The zero-order valence-corrected chi connectivity index (χ0v) is 14.0. The number of anilines is 1. The number of carbonyl (C=O) groups is 1. The first-order valence-corrected chi connectivity index (χ1v) is 8.50. The topological polar surface area (TPSA) is 86.3 Å². The number of pyridine rings is 1. The second-order valence-electron chi connectivity index (χ2n) is 6.38. The van der Waals surface area contributed by atoms with Crippen molar-refractivity contribution in [2.45, 2.75) is 25.2 Å². The van der Waals surface area contributed by atoms with Crippen LogP contribution in [0.5, 0.6) is 0 Å². The smallest absolute Gasteiger partial charge is 0.254 e. The molecule has 2 aromatic rings. The molecule has 2 saturated heterocycles. The Kier molecular flexibility index (Phi) is 4.60. The van der Waals surface area contributed by atoms with Crippen molar-refractivity contribution in [3.63, 3.8) is 0 Å². The monoisotopic (exact) mass is 363 g/mol. The molecular formula is C16H19F2N7O. The van der Waals surface area contributed by atoms with Gasteiger partial charge in [-0.25, -0.2) is 23.7 Å². The highest BCUT2D eigenvalue weighted by Crippen LogP contribution is 2.23. The first-order chi connectivity index (χ1) is 12.6. The molecule has 2 fully saturated rings. The summed E-state index contributed by atoms with van der Waals surface area (Å²) in [5, 5.41) is 6.45. The molecule has 10 heteroatoms. The summed E-state index contributed by atoms with van der Waals surface area (Å²) >= 11 is 0. The zero-order valence-electron chi connectivity index (χ0n) is 14.0. The van der Waals surface area contributed by atoms with Crippen molar-refractivity contribution in [1.29, 1.82) is 0 Å². The molecule has 2 atom stereocenters. The number of aromatic nitrogens is 3. The normalized spacial score (nSPS) is 24.9. The van der Waals surface area contributed by atoms with Crippen LogP contribution in [-0.4, -0.2) is 70.7 Å². The van der Waals surface area contributed by atoms with Crippen molar-refractivity contribution in [3.8, 4) is 0 Å². The van der Waals surface area contributed by atoms with Gasteiger partial charge >= 0.3 is 0 Å². The Labute approximate surface area is 148 Å². The van der Waals surface area contributed by atoms with Gasteiger partial charge in [0.1, 0.15) is 18.4 Å². The van der Waals surface area contributed by atoms with Crippen molar-refractivity contribution in [2.24, 2.45) is 0 Å². The Morgan fingerprint density at radius 2 is 1.96 bits per heavy atom. The summed E-state index contributed by atoms with van der Waals surface area (Å²) in [6.07, 6.45) is -0.152. The zero-order chi connectivity index (χ0) is 18.1. The van der Waals surface area contributed by atoms with Crippen LogP contribution in [0.2, 0.25) is 0 Å². The van der Waals surface area contributed by atoms with Crippen LogP contribution in [0.1, 0.15) is 6.42 Å². The molecule has 0 radical (unpaired) electrons.